The highest BCUT2D eigenvalue weighted by Gasteiger charge is 2.26. The van der Waals surface area contributed by atoms with E-state index in [2.05, 4.69) is 16.4 Å². The van der Waals surface area contributed by atoms with Crippen LogP contribution in [0.4, 0.5) is 0 Å². The maximum Gasteiger partial charge on any atom is 0.186 e. The van der Waals surface area contributed by atoms with Gasteiger partial charge < -0.3 is 0 Å². The van der Waals surface area contributed by atoms with E-state index in [-0.39, 0.29) is 5.41 Å². The molecule has 0 N–H and O–H groups in total. The van der Waals surface area contributed by atoms with Crippen LogP contribution in [0.3, 0.4) is 0 Å². The van der Waals surface area contributed by atoms with Crippen molar-refractivity contribution in [1.82, 2.24) is 15.0 Å². The van der Waals surface area contributed by atoms with E-state index in [1.54, 1.807) is 4.68 Å². The minimum atomic E-state index is -0.230. The van der Waals surface area contributed by atoms with Crippen molar-refractivity contribution >= 4 is 11.6 Å². The molecule has 19 heavy (non-hydrogen) atoms. The molecule has 0 saturated carbocycles. The molecule has 1 aromatic heterocycles. The van der Waals surface area contributed by atoms with Gasteiger partial charge in [0.15, 0.2) is 5.69 Å². The van der Waals surface area contributed by atoms with Crippen LogP contribution >= 0.6 is 11.6 Å². The minimum Gasteiger partial charge on any atom is -0.216 e. The third kappa shape index (κ3) is 2.47. The Balaban J connectivity index is 2.67. The first-order chi connectivity index (χ1) is 8.84. The normalized spacial score (nSPS) is 11.4. The van der Waals surface area contributed by atoms with Gasteiger partial charge >= 0.3 is 0 Å². The van der Waals surface area contributed by atoms with Gasteiger partial charge in [-0.05, 0) is 24.6 Å². The van der Waals surface area contributed by atoms with E-state index < -0.39 is 0 Å². The van der Waals surface area contributed by atoms with E-state index in [9.17, 15) is 0 Å². The number of nitriles is 1. The second-order valence-electron chi connectivity index (χ2n) is 5.49. The predicted octanol–water partition coefficient (Wildman–Crippen LogP) is 3.40. The van der Waals surface area contributed by atoms with Crippen LogP contribution in [0.15, 0.2) is 18.2 Å². The number of aryl methyl sites for hydroxylation is 1. The van der Waals surface area contributed by atoms with Gasteiger partial charge in [0.2, 0.25) is 0 Å². The molecule has 0 aliphatic rings. The van der Waals surface area contributed by atoms with Crippen molar-refractivity contribution in [3.63, 3.8) is 0 Å². The third-order valence-corrected chi connectivity index (χ3v) is 3.29. The lowest BCUT2D eigenvalue weighted by atomic mass is 9.90. The van der Waals surface area contributed by atoms with Gasteiger partial charge in [0, 0.05) is 10.4 Å². The molecular weight excluding hydrogens is 260 g/mol. The fourth-order valence-corrected chi connectivity index (χ4v) is 2.10. The molecule has 0 radical (unpaired) electrons. The lowest BCUT2D eigenvalue weighted by molar-refractivity contribution is 0.541. The molecule has 1 aromatic carbocycles. The second-order valence-corrected chi connectivity index (χ2v) is 5.90. The summed E-state index contributed by atoms with van der Waals surface area (Å²) in [5.74, 6) is 0. The molecule has 0 amide bonds. The van der Waals surface area contributed by atoms with E-state index in [1.165, 1.54) is 0 Å². The van der Waals surface area contributed by atoms with Crippen LogP contribution in [0.25, 0.3) is 5.69 Å². The molecule has 2 rings (SSSR count). The smallest absolute Gasteiger partial charge is 0.186 e. The van der Waals surface area contributed by atoms with Gasteiger partial charge in [-0.15, -0.1) is 5.10 Å². The summed E-state index contributed by atoms with van der Waals surface area (Å²) in [6.45, 7) is 8.02. The van der Waals surface area contributed by atoms with Gasteiger partial charge in [-0.3, -0.25) is 0 Å². The largest absolute Gasteiger partial charge is 0.216 e. The van der Waals surface area contributed by atoms with Crippen molar-refractivity contribution in [1.29, 1.82) is 5.26 Å². The Morgan fingerprint density at radius 3 is 2.53 bits per heavy atom. The zero-order valence-electron chi connectivity index (χ0n) is 11.4. The van der Waals surface area contributed by atoms with Crippen LogP contribution in [0.2, 0.25) is 5.02 Å². The summed E-state index contributed by atoms with van der Waals surface area (Å²) in [4.78, 5) is 0. The highest BCUT2D eigenvalue weighted by Crippen LogP contribution is 2.28. The molecule has 0 aliphatic heterocycles. The van der Waals surface area contributed by atoms with Crippen molar-refractivity contribution in [2.75, 3.05) is 0 Å². The molecule has 0 bridgehead atoms. The summed E-state index contributed by atoms with van der Waals surface area (Å²) in [6, 6.07) is 7.78. The SMILES string of the molecule is Cc1ccc(-n2nnc(C#N)c2C(C)(C)C)cc1Cl. The average molecular weight is 275 g/mol. The van der Waals surface area contributed by atoms with Crippen LogP contribution < -0.4 is 0 Å². The summed E-state index contributed by atoms with van der Waals surface area (Å²) in [5.41, 5.74) is 2.73. The van der Waals surface area contributed by atoms with Crippen LogP contribution in [0, 0.1) is 18.3 Å². The summed E-state index contributed by atoms with van der Waals surface area (Å²) < 4.78 is 1.68. The Kier molecular flexibility index (Phi) is 3.34. The first kappa shape index (κ1) is 13.6. The van der Waals surface area contributed by atoms with Gasteiger partial charge in [-0.1, -0.05) is 43.7 Å². The zero-order chi connectivity index (χ0) is 14.2. The van der Waals surface area contributed by atoms with Gasteiger partial charge in [-0.25, -0.2) is 4.68 Å². The van der Waals surface area contributed by atoms with Crippen LogP contribution in [-0.4, -0.2) is 15.0 Å². The van der Waals surface area contributed by atoms with Gasteiger partial charge in [-0.2, -0.15) is 5.26 Å². The average Bonchev–Trinajstić information content (AvgIpc) is 2.76. The Morgan fingerprint density at radius 1 is 1.32 bits per heavy atom. The van der Waals surface area contributed by atoms with E-state index >= 15 is 0 Å². The van der Waals surface area contributed by atoms with E-state index in [0.717, 1.165) is 16.9 Å². The lowest BCUT2D eigenvalue weighted by Crippen LogP contribution is -2.19. The van der Waals surface area contributed by atoms with E-state index in [0.29, 0.717) is 10.7 Å². The monoisotopic (exact) mass is 274 g/mol. The summed E-state index contributed by atoms with van der Waals surface area (Å²) >= 11 is 6.14. The molecule has 5 heteroatoms. The highest BCUT2D eigenvalue weighted by atomic mass is 35.5. The van der Waals surface area contributed by atoms with Crippen molar-refractivity contribution in [2.24, 2.45) is 0 Å². The molecule has 0 aliphatic carbocycles. The van der Waals surface area contributed by atoms with Crippen molar-refractivity contribution in [3.8, 4) is 11.8 Å². The van der Waals surface area contributed by atoms with Crippen LogP contribution in [-0.2, 0) is 5.41 Å². The Hall–Kier alpha value is -1.86. The Labute approximate surface area is 117 Å². The molecule has 4 nitrogen and oxygen atoms in total. The van der Waals surface area contributed by atoms with Gasteiger partial charge in [0.25, 0.3) is 0 Å². The second kappa shape index (κ2) is 4.67. The van der Waals surface area contributed by atoms with Crippen molar-refractivity contribution < 1.29 is 0 Å². The maximum atomic E-state index is 9.15. The molecule has 0 unspecified atom stereocenters. The molecule has 0 fully saturated rings. The van der Waals surface area contributed by atoms with E-state index in [1.807, 2.05) is 45.9 Å². The Morgan fingerprint density at radius 2 is 2.00 bits per heavy atom. The number of hydrogen-bond acceptors (Lipinski definition) is 3. The first-order valence-corrected chi connectivity index (χ1v) is 6.35. The number of aromatic nitrogens is 3. The number of benzene rings is 1. The zero-order valence-corrected chi connectivity index (χ0v) is 12.2. The molecule has 0 atom stereocenters. The summed E-state index contributed by atoms with van der Waals surface area (Å²) in [5, 5.41) is 17.8. The first-order valence-electron chi connectivity index (χ1n) is 5.97. The third-order valence-electron chi connectivity index (χ3n) is 2.89. The van der Waals surface area contributed by atoms with Gasteiger partial charge in [0.05, 0.1) is 11.4 Å². The quantitative estimate of drug-likeness (QED) is 0.801. The predicted molar refractivity (Wildman–Crippen MR) is 74.5 cm³/mol. The maximum absolute atomic E-state index is 9.15. The number of halogens is 1. The van der Waals surface area contributed by atoms with Crippen molar-refractivity contribution in [3.05, 3.63) is 40.2 Å². The number of rotatable bonds is 1. The fraction of sp³-hybridized carbons (Fsp3) is 0.357. The topological polar surface area (TPSA) is 54.5 Å². The Bertz CT molecular complexity index is 659. The number of hydrogen-bond donors (Lipinski definition) is 0. The van der Waals surface area contributed by atoms with E-state index in [4.69, 9.17) is 16.9 Å². The molecular formula is C14H15ClN4. The molecule has 98 valence electrons. The lowest BCUT2D eigenvalue weighted by Gasteiger charge is -2.20. The molecule has 0 spiro atoms. The molecule has 2 aromatic rings. The minimum absolute atomic E-state index is 0.230. The van der Waals surface area contributed by atoms with Crippen LogP contribution in [0.1, 0.15) is 37.7 Å². The molecule has 0 saturated heterocycles. The summed E-state index contributed by atoms with van der Waals surface area (Å²) in [6.07, 6.45) is 0. The molecule has 1 heterocycles. The number of nitrogens with zero attached hydrogens (tertiary/aromatic N) is 4. The van der Waals surface area contributed by atoms with Gasteiger partial charge in [0.1, 0.15) is 6.07 Å². The summed E-state index contributed by atoms with van der Waals surface area (Å²) in [7, 11) is 0. The highest BCUT2D eigenvalue weighted by molar-refractivity contribution is 6.31. The van der Waals surface area contributed by atoms with Crippen molar-refractivity contribution in [2.45, 2.75) is 33.1 Å². The standard InChI is InChI=1S/C14H15ClN4/c1-9-5-6-10(7-11(9)15)19-13(14(2,3)4)12(8-16)17-18-19/h5-7H,1-4H3. The fourth-order valence-electron chi connectivity index (χ4n) is 1.92. The van der Waals surface area contributed by atoms with Crippen LogP contribution in [0.5, 0.6) is 0 Å².